The molecule has 0 spiro atoms. The van der Waals surface area contributed by atoms with Gasteiger partial charge in [-0.15, -0.1) is 0 Å². The normalized spacial score (nSPS) is 20.7. The Morgan fingerprint density at radius 1 is 1.15 bits per heavy atom. The zero-order valence-electron chi connectivity index (χ0n) is 15.9. The molecule has 2 aromatic rings. The van der Waals surface area contributed by atoms with Crippen LogP contribution in [0.5, 0.6) is 0 Å². The molecule has 27 heavy (non-hydrogen) atoms. The summed E-state index contributed by atoms with van der Waals surface area (Å²) in [7, 11) is 0. The van der Waals surface area contributed by atoms with Gasteiger partial charge in [0.2, 0.25) is 5.54 Å². The standard InChI is InChI=1S/C21H25NO5/c1-20(2,3)27-19(25)21(18(23)24)12-7-13-22(21)26-14-16-10-6-9-15-8-4-5-11-17(15)16/h4-6,8-11H,7,12-14H2,1-3H3,(H,23,24). The van der Waals surface area contributed by atoms with Crippen molar-refractivity contribution < 1.29 is 24.3 Å². The van der Waals surface area contributed by atoms with E-state index in [2.05, 4.69) is 0 Å². The van der Waals surface area contributed by atoms with Gasteiger partial charge in [-0.1, -0.05) is 42.5 Å². The molecule has 0 aliphatic carbocycles. The number of carboxylic acids is 1. The molecule has 1 atom stereocenters. The van der Waals surface area contributed by atoms with E-state index in [-0.39, 0.29) is 13.0 Å². The van der Waals surface area contributed by atoms with Crippen LogP contribution in [0.25, 0.3) is 10.8 Å². The van der Waals surface area contributed by atoms with E-state index in [1.165, 1.54) is 5.06 Å². The minimum absolute atomic E-state index is 0.160. The van der Waals surface area contributed by atoms with Crippen LogP contribution in [-0.2, 0) is 25.8 Å². The van der Waals surface area contributed by atoms with Gasteiger partial charge in [-0.25, -0.2) is 9.59 Å². The number of hydrogen-bond donors (Lipinski definition) is 1. The van der Waals surface area contributed by atoms with Crippen molar-refractivity contribution in [1.82, 2.24) is 5.06 Å². The summed E-state index contributed by atoms with van der Waals surface area (Å²) in [5.41, 5.74) is -1.65. The zero-order valence-corrected chi connectivity index (χ0v) is 15.9. The van der Waals surface area contributed by atoms with Crippen LogP contribution in [0.2, 0.25) is 0 Å². The lowest BCUT2D eigenvalue weighted by atomic mass is 9.97. The highest BCUT2D eigenvalue weighted by molar-refractivity contribution is 6.04. The van der Waals surface area contributed by atoms with Gasteiger partial charge >= 0.3 is 11.9 Å². The lowest BCUT2D eigenvalue weighted by Crippen LogP contribution is -2.58. The van der Waals surface area contributed by atoms with Gasteiger partial charge < -0.3 is 9.84 Å². The van der Waals surface area contributed by atoms with Gasteiger partial charge in [-0.05, 0) is 49.9 Å². The van der Waals surface area contributed by atoms with Crippen molar-refractivity contribution in [3.8, 4) is 0 Å². The van der Waals surface area contributed by atoms with Gasteiger partial charge in [0, 0.05) is 6.54 Å². The summed E-state index contributed by atoms with van der Waals surface area (Å²) in [6.45, 7) is 5.69. The van der Waals surface area contributed by atoms with Gasteiger partial charge in [0.05, 0.1) is 6.61 Å². The fraction of sp³-hybridized carbons (Fsp3) is 0.429. The van der Waals surface area contributed by atoms with Crippen molar-refractivity contribution in [2.75, 3.05) is 6.54 Å². The largest absolute Gasteiger partial charge is 0.479 e. The summed E-state index contributed by atoms with van der Waals surface area (Å²) in [5, 5.41) is 13.3. The van der Waals surface area contributed by atoms with Gasteiger partial charge in [-0.2, -0.15) is 5.06 Å². The number of rotatable bonds is 5. The molecule has 6 nitrogen and oxygen atoms in total. The fourth-order valence-corrected chi connectivity index (χ4v) is 3.40. The summed E-state index contributed by atoms with van der Waals surface area (Å²) in [5.74, 6) is -2.02. The average Bonchev–Trinajstić information content (AvgIpc) is 3.03. The number of carbonyl (C=O) groups is 2. The van der Waals surface area contributed by atoms with E-state index in [9.17, 15) is 14.7 Å². The zero-order chi connectivity index (χ0) is 19.7. The predicted molar refractivity (Wildman–Crippen MR) is 101 cm³/mol. The molecular formula is C21H25NO5. The van der Waals surface area contributed by atoms with E-state index in [1.807, 2.05) is 42.5 Å². The smallest absolute Gasteiger partial charge is 0.341 e. The monoisotopic (exact) mass is 371 g/mol. The molecule has 1 aliphatic rings. The Bertz CT molecular complexity index is 852. The molecule has 1 unspecified atom stereocenters. The highest BCUT2D eigenvalue weighted by atomic mass is 16.7. The number of benzene rings is 2. The molecule has 0 radical (unpaired) electrons. The highest BCUT2D eigenvalue weighted by Gasteiger charge is 2.57. The summed E-state index contributed by atoms with van der Waals surface area (Å²) < 4.78 is 5.40. The Morgan fingerprint density at radius 2 is 1.85 bits per heavy atom. The molecule has 0 amide bonds. The topological polar surface area (TPSA) is 76.1 Å². The molecule has 1 saturated heterocycles. The summed E-state index contributed by atoms with van der Waals surface area (Å²) in [6, 6.07) is 13.8. The van der Waals surface area contributed by atoms with Crippen LogP contribution in [0, 0.1) is 0 Å². The Kier molecular flexibility index (Phi) is 5.22. The van der Waals surface area contributed by atoms with E-state index in [4.69, 9.17) is 9.57 Å². The Balaban J connectivity index is 1.84. The van der Waals surface area contributed by atoms with E-state index >= 15 is 0 Å². The summed E-state index contributed by atoms with van der Waals surface area (Å²) in [4.78, 5) is 30.7. The van der Waals surface area contributed by atoms with Crippen LogP contribution in [-0.4, -0.2) is 39.8 Å². The molecule has 1 N–H and O–H groups in total. The molecular weight excluding hydrogens is 346 g/mol. The van der Waals surface area contributed by atoms with Crippen molar-refractivity contribution in [1.29, 1.82) is 0 Å². The van der Waals surface area contributed by atoms with E-state index in [1.54, 1.807) is 20.8 Å². The van der Waals surface area contributed by atoms with Gasteiger partial charge in [0.1, 0.15) is 5.60 Å². The van der Waals surface area contributed by atoms with Gasteiger partial charge in [-0.3, -0.25) is 4.84 Å². The summed E-state index contributed by atoms with van der Waals surface area (Å²) >= 11 is 0. The molecule has 1 aliphatic heterocycles. The second-order valence-electron chi connectivity index (χ2n) is 7.78. The third kappa shape index (κ3) is 3.82. The number of fused-ring (bicyclic) bond motifs is 1. The van der Waals surface area contributed by atoms with Crippen LogP contribution in [0.15, 0.2) is 42.5 Å². The van der Waals surface area contributed by atoms with Gasteiger partial charge in [0.15, 0.2) is 0 Å². The van der Waals surface area contributed by atoms with Crippen molar-refractivity contribution >= 4 is 22.7 Å². The number of aliphatic carboxylic acids is 1. The first-order chi connectivity index (χ1) is 12.7. The molecule has 0 aromatic heterocycles. The maximum absolute atomic E-state index is 12.7. The number of esters is 1. The maximum atomic E-state index is 12.7. The first-order valence-corrected chi connectivity index (χ1v) is 9.08. The molecule has 0 saturated carbocycles. The Labute approximate surface area is 158 Å². The number of carboxylic acid groups (broad SMARTS) is 1. The fourth-order valence-electron chi connectivity index (χ4n) is 3.40. The van der Waals surface area contributed by atoms with E-state index < -0.39 is 23.1 Å². The SMILES string of the molecule is CC(C)(C)OC(=O)C1(C(=O)O)CCCN1OCc1cccc2ccccc12. The van der Waals surface area contributed by atoms with Crippen LogP contribution in [0.3, 0.4) is 0 Å². The number of carbonyl (C=O) groups excluding carboxylic acids is 1. The quantitative estimate of drug-likeness (QED) is 0.640. The van der Waals surface area contributed by atoms with Crippen molar-refractivity contribution in [2.45, 2.75) is 51.4 Å². The van der Waals surface area contributed by atoms with E-state index in [0.29, 0.717) is 13.0 Å². The first kappa shape index (κ1) is 19.3. The van der Waals surface area contributed by atoms with Crippen LogP contribution in [0.4, 0.5) is 0 Å². The second-order valence-corrected chi connectivity index (χ2v) is 7.78. The number of ether oxygens (including phenoxy) is 1. The molecule has 3 rings (SSSR count). The number of hydrogen-bond acceptors (Lipinski definition) is 5. The molecule has 1 heterocycles. The number of hydroxylamine groups is 2. The Morgan fingerprint density at radius 3 is 2.56 bits per heavy atom. The summed E-state index contributed by atoms with van der Waals surface area (Å²) in [6.07, 6.45) is 0.702. The second kappa shape index (κ2) is 7.29. The molecule has 144 valence electrons. The van der Waals surface area contributed by atoms with Gasteiger partial charge in [0.25, 0.3) is 0 Å². The lowest BCUT2D eigenvalue weighted by molar-refractivity contribution is -0.232. The lowest BCUT2D eigenvalue weighted by Gasteiger charge is -2.34. The first-order valence-electron chi connectivity index (χ1n) is 9.08. The average molecular weight is 371 g/mol. The van der Waals surface area contributed by atoms with E-state index in [0.717, 1.165) is 16.3 Å². The van der Waals surface area contributed by atoms with Crippen molar-refractivity contribution in [3.05, 3.63) is 48.0 Å². The van der Waals surface area contributed by atoms with Crippen molar-refractivity contribution in [3.63, 3.8) is 0 Å². The minimum Gasteiger partial charge on any atom is -0.479 e. The number of nitrogens with zero attached hydrogens (tertiary/aromatic N) is 1. The maximum Gasteiger partial charge on any atom is 0.341 e. The molecule has 2 aromatic carbocycles. The van der Waals surface area contributed by atoms with Crippen LogP contribution < -0.4 is 0 Å². The third-order valence-electron chi connectivity index (χ3n) is 4.67. The molecule has 6 heteroatoms. The minimum atomic E-state index is -1.81. The third-order valence-corrected chi connectivity index (χ3v) is 4.67. The van der Waals surface area contributed by atoms with Crippen LogP contribution in [0.1, 0.15) is 39.2 Å². The van der Waals surface area contributed by atoms with Crippen LogP contribution >= 0.6 is 0 Å². The molecule has 1 fully saturated rings. The van der Waals surface area contributed by atoms with Crippen molar-refractivity contribution in [2.24, 2.45) is 0 Å². The Hall–Kier alpha value is -2.44. The predicted octanol–water partition coefficient (Wildman–Crippen LogP) is 3.53. The molecule has 0 bridgehead atoms. The highest BCUT2D eigenvalue weighted by Crippen LogP contribution is 2.34.